The average molecular weight is 368 g/mol. The molecular weight excluding hydrogens is 354 g/mol. The SMILES string of the molecule is O=C(O)C1=C(Cl)CS[C@H]([C@@H]2NC(=O)C(c3ccccc3)NC2=O)N1. The number of carbonyl (C=O) groups excluding carboxylic acids is 2. The Kier molecular flexibility index (Phi) is 4.68. The van der Waals surface area contributed by atoms with E-state index in [9.17, 15) is 14.4 Å². The van der Waals surface area contributed by atoms with Crippen molar-refractivity contribution in [2.75, 3.05) is 5.75 Å². The molecule has 1 unspecified atom stereocenters. The summed E-state index contributed by atoms with van der Waals surface area (Å²) >= 11 is 7.14. The van der Waals surface area contributed by atoms with Crippen LogP contribution >= 0.6 is 23.4 Å². The fraction of sp³-hybridized carbons (Fsp3) is 0.267. The molecule has 2 amide bonds. The number of rotatable bonds is 3. The number of carboxylic acid groups (broad SMARTS) is 1. The molecule has 7 nitrogen and oxygen atoms in total. The number of amides is 2. The highest BCUT2D eigenvalue weighted by atomic mass is 35.5. The number of thioether (sulfide) groups is 1. The zero-order valence-electron chi connectivity index (χ0n) is 12.3. The van der Waals surface area contributed by atoms with Gasteiger partial charge in [0.2, 0.25) is 11.8 Å². The van der Waals surface area contributed by atoms with Gasteiger partial charge in [0.1, 0.15) is 23.2 Å². The minimum Gasteiger partial charge on any atom is -0.477 e. The predicted molar refractivity (Wildman–Crippen MR) is 89.2 cm³/mol. The second-order valence-electron chi connectivity index (χ2n) is 5.30. The van der Waals surface area contributed by atoms with Crippen molar-refractivity contribution in [1.29, 1.82) is 0 Å². The molecule has 0 aromatic heterocycles. The van der Waals surface area contributed by atoms with Gasteiger partial charge in [-0.05, 0) is 5.56 Å². The maximum Gasteiger partial charge on any atom is 0.353 e. The van der Waals surface area contributed by atoms with Gasteiger partial charge < -0.3 is 21.1 Å². The summed E-state index contributed by atoms with van der Waals surface area (Å²) in [4.78, 5) is 35.9. The number of halogens is 1. The first-order chi connectivity index (χ1) is 11.5. The van der Waals surface area contributed by atoms with Gasteiger partial charge in [-0.1, -0.05) is 41.9 Å². The third kappa shape index (κ3) is 3.20. The Bertz CT molecular complexity index is 725. The van der Waals surface area contributed by atoms with E-state index < -0.39 is 23.4 Å². The lowest BCUT2D eigenvalue weighted by atomic mass is 10.0. The molecule has 0 bridgehead atoms. The minimum absolute atomic E-state index is 0.146. The fourth-order valence-corrected chi connectivity index (χ4v) is 3.93. The molecule has 2 heterocycles. The van der Waals surface area contributed by atoms with Gasteiger partial charge >= 0.3 is 5.97 Å². The van der Waals surface area contributed by atoms with Crippen molar-refractivity contribution in [2.45, 2.75) is 17.5 Å². The smallest absolute Gasteiger partial charge is 0.353 e. The van der Waals surface area contributed by atoms with E-state index in [1.165, 1.54) is 11.8 Å². The highest BCUT2D eigenvalue weighted by Gasteiger charge is 2.41. The molecule has 3 rings (SSSR count). The zero-order valence-corrected chi connectivity index (χ0v) is 13.9. The predicted octanol–water partition coefficient (Wildman–Crippen LogP) is 0.540. The van der Waals surface area contributed by atoms with Crippen molar-refractivity contribution in [3.8, 4) is 0 Å². The number of hydrogen-bond acceptors (Lipinski definition) is 5. The first-order valence-electron chi connectivity index (χ1n) is 7.13. The lowest BCUT2D eigenvalue weighted by Gasteiger charge is -2.36. The molecule has 1 aromatic carbocycles. The molecule has 0 radical (unpaired) electrons. The van der Waals surface area contributed by atoms with E-state index in [1.807, 2.05) is 6.07 Å². The molecule has 3 atom stereocenters. The fourth-order valence-electron chi connectivity index (χ4n) is 2.55. The number of piperazine rings is 1. The molecule has 4 N–H and O–H groups in total. The van der Waals surface area contributed by atoms with Crippen molar-refractivity contribution in [3.63, 3.8) is 0 Å². The van der Waals surface area contributed by atoms with Gasteiger partial charge in [-0.3, -0.25) is 9.59 Å². The molecule has 1 fully saturated rings. The molecule has 1 aromatic rings. The largest absolute Gasteiger partial charge is 0.477 e. The van der Waals surface area contributed by atoms with Crippen LogP contribution < -0.4 is 16.0 Å². The molecule has 0 aliphatic carbocycles. The van der Waals surface area contributed by atoms with E-state index in [0.717, 1.165) is 0 Å². The molecule has 24 heavy (non-hydrogen) atoms. The summed E-state index contributed by atoms with van der Waals surface area (Å²) in [5, 5.41) is 16.8. The van der Waals surface area contributed by atoms with Gasteiger partial charge in [-0.25, -0.2) is 4.79 Å². The molecular formula is C15H14ClN3O4S. The third-order valence-corrected chi connectivity index (χ3v) is 5.41. The van der Waals surface area contributed by atoms with E-state index in [1.54, 1.807) is 24.3 Å². The lowest BCUT2D eigenvalue weighted by molar-refractivity contribution is -0.137. The Morgan fingerprint density at radius 2 is 1.83 bits per heavy atom. The van der Waals surface area contributed by atoms with Crippen molar-refractivity contribution in [3.05, 3.63) is 46.6 Å². The summed E-state index contributed by atoms with van der Waals surface area (Å²) in [5.74, 6) is -1.67. The summed E-state index contributed by atoms with van der Waals surface area (Å²) in [7, 11) is 0. The Morgan fingerprint density at radius 1 is 1.12 bits per heavy atom. The van der Waals surface area contributed by atoms with Crippen molar-refractivity contribution in [2.24, 2.45) is 0 Å². The van der Waals surface area contributed by atoms with Gasteiger partial charge in [0.25, 0.3) is 0 Å². The van der Waals surface area contributed by atoms with E-state index in [2.05, 4.69) is 16.0 Å². The number of aliphatic carboxylic acids is 1. The Balaban J connectivity index is 1.75. The van der Waals surface area contributed by atoms with E-state index in [-0.39, 0.29) is 28.3 Å². The third-order valence-electron chi connectivity index (χ3n) is 3.73. The van der Waals surface area contributed by atoms with Gasteiger partial charge in [-0.2, -0.15) is 0 Å². The van der Waals surface area contributed by atoms with Crippen LogP contribution in [0.25, 0.3) is 0 Å². The molecule has 9 heteroatoms. The summed E-state index contributed by atoms with van der Waals surface area (Å²) in [5.41, 5.74) is 0.535. The second kappa shape index (κ2) is 6.74. The van der Waals surface area contributed by atoms with Crippen LogP contribution in [0.2, 0.25) is 0 Å². The number of nitrogens with one attached hydrogen (secondary N) is 3. The first-order valence-corrected chi connectivity index (χ1v) is 8.56. The summed E-state index contributed by atoms with van der Waals surface area (Å²) in [6.07, 6.45) is 0. The van der Waals surface area contributed by atoms with E-state index >= 15 is 0 Å². The van der Waals surface area contributed by atoms with Crippen LogP contribution in [0.5, 0.6) is 0 Å². The average Bonchev–Trinajstić information content (AvgIpc) is 2.57. The molecule has 2 aliphatic rings. The van der Waals surface area contributed by atoms with Crippen LogP contribution in [0.4, 0.5) is 0 Å². The number of carbonyl (C=O) groups is 3. The maximum absolute atomic E-state index is 12.4. The normalized spacial score (nSPS) is 27.1. The van der Waals surface area contributed by atoms with Crippen LogP contribution in [-0.2, 0) is 14.4 Å². The lowest BCUT2D eigenvalue weighted by Crippen LogP contribution is -2.64. The number of hydrogen-bond donors (Lipinski definition) is 4. The van der Waals surface area contributed by atoms with Gasteiger partial charge in [0, 0.05) is 5.75 Å². The Labute approximate surface area is 146 Å². The van der Waals surface area contributed by atoms with Crippen LogP contribution in [0.15, 0.2) is 41.1 Å². The van der Waals surface area contributed by atoms with Crippen LogP contribution in [0.1, 0.15) is 11.6 Å². The molecule has 2 aliphatic heterocycles. The Morgan fingerprint density at radius 3 is 2.50 bits per heavy atom. The van der Waals surface area contributed by atoms with Crippen LogP contribution in [0.3, 0.4) is 0 Å². The van der Waals surface area contributed by atoms with Crippen LogP contribution in [0, 0.1) is 0 Å². The number of carboxylic acids is 1. The molecule has 126 valence electrons. The molecule has 0 saturated carbocycles. The first kappa shape index (κ1) is 16.7. The maximum atomic E-state index is 12.4. The Hall–Kier alpha value is -2.19. The summed E-state index contributed by atoms with van der Waals surface area (Å²) < 4.78 is 0. The summed E-state index contributed by atoms with van der Waals surface area (Å²) in [6, 6.07) is 7.24. The van der Waals surface area contributed by atoms with E-state index in [4.69, 9.17) is 16.7 Å². The second-order valence-corrected chi connectivity index (χ2v) is 6.89. The van der Waals surface area contributed by atoms with Gasteiger partial charge in [-0.15, -0.1) is 11.8 Å². The standard InChI is InChI=1S/C15H14ClN3O4S/c16-8-6-24-14(19-10(8)15(22)23)11-13(21)17-9(12(20)18-11)7-4-2-1-3-5-7/h1-5,9,11,14,19H,6H2,(H,17,21)(H,18,20)(H,22,23)/t9?,11-,14-/m1/s1. The van der Waals surface area contributed by atoms with Gasteiger partial charge in [0.15, 0.2) is 0 Å². The quantitative estimate of drug-likeness (QED) is 0.621. The van der Waals surface area contributed by atoms with Crippen molar-refractivity contribution >= 4 is 41.1 Å². The highest BCUT2D eigenvalue weighted by Crippen LogP contribution is 2.28. The minimum atomic E-state index is -1.20. The molecule has 1 saturated heterocycles. The topological polar surface area (TPSA) is 108 Å². The van der Waals surface area contributed by atoms with Gasteiger partial charge in [0.05, 0.1) is 5.03 Å². The van der Waals surface area contributed by atoms with Crippen molar-refractivity contribution in [1.82, 2.24) is 16.0 Å². The summed E-state index contributed by atoms with van der Waals surface area (Å²) in [6.45, 7) is 0. The molecule has 0 spiro atoms. The zero-order chi connectivity index (χ0) is 17.3. The van der Waals surface area contributed by atoms with Crippen molar-refractivity contribution < 1.29 is 19.5 Å². The monoisotopic (exact) mass is 367 g/mol. The highest BCUT2D eigenvalue weighted by molar-refractivity contribution is 8.00. The number of benzene rings is 1. The van der Waals surface area contributed by atoms with E-state index in [0.29, 0.717) is 5.56 Å². The van der Waals surface area contributed by atoms with Crippen LogP contribution in [-0.4, -0.2) is 40.1 Å².